The van der Waals surface area contributed by atoms with Gasteiger partial charge < -0.3 is 9.72 Å². The highest BCUT2D eigenvalue weighted by atomic mass is 35.5. The average Bonchev–Trinajstić information content (AvgIpc) is 3.02. The van der Waals surface area contributed by atoms with Gasteiger partial charge in [-0.3, -0.25) is 4.79 Å². The molecule has 25 heavy (non-hydrogen) atoms. The number of nitrogens with zero attached hydrogens (tertiary/aromatic N) is 3. The van der Waals surface area contributed by atoms with E-state index in [1.165, 1.54) is 18.0 Å². The lowest BCUT2D eigenvalue weighted by Crippen LogP contribution is -2.10. The first-order valence-electron chi connectivity index (χ1n) is 8.13. The maximum Gasteiger partial charge on any atom is 0.262 e. The number of benzene rings is 1. The first-order valence-corrected chi connectivity index (χ1v) is 9.50. The van der Waals surface area contributed by atoms with Crippen LogP contribution in [0.2, 0.25) is 5.02 Å². The third kappa shape index (κ3) is 4.42. The fourth-order valence-corrected chi connectivity index (χ4v) is 3.43. The van der Waals surface area contributed by atoms with Gasteiger partial charge in [-0.1, -0.05) is 29.4 Å². The van der Waals surface area contributed by atoms with E-state index in [0.29, 0.717) is 21.2 Å². The molecule has 0 aliphatic carbocycles. The molecule has 0 saturated heterocycles. The summed E-state index contributed by atoms with van der Waals surface area (Å²) in [4.78, 5) is 19.7. The van der Waals surface area contributed by atoms with Gasteiger partial charge in [-0.05, 0) is 38.0 Å². The zero-order valence-corrected chi connectivity index (χ0v) is 15.4. The van der Waals surface area contributed by atoms with E-state index in [2.05, 4.69) is 15.1 Å². The summed E-state index contributed by atoms with van der Waals surface area (Å²) in [7, 11) is 0. The van der Waals surface area contributed by atoms with Crippen LogP contribution >= 0.6 is 23.4 Å². The minimum atomic E-state index is -0.185. The highest BCUT2D eigenvalue weighted by molar-refractivity contribution is 7.99. The second-order valence-electron chi connectivity index (χ2n) is 5.40. The largest absolute Gasteiger partial charge is 0.382 e. The third-order valence-electron chi connectivity index (χ3n) is 3.60. The summed E-state index contributed by atoms with van der Waals surface area (Å²) in [5, 5.41) is 5.95. The normalized spacial score (nSPS) is 11.3. The fourth-order valence-electron chi connectivity index (χ4n) is 2.38. The number of aromatic nitrogens is 4. The van der Waals surface area contributed by atoms with Gasteiger partial charge in [0.15, 0.2) is 10.8 Å². The van der Waals surface area contributed by atoms with Crippen LogP contribution < -0.4 is 5.56 Å². The molecule has 0 amide bonds. The molecule has 0 atom stereocenters. The van der Waals surface area contributed by atoms with Gasteiger partial charge in [0.25, 0.3) is 5.56 Å². The van der Waals surface area contributed by atoms with Crippen molar-refractivity contribution >= 4 is 34.4 Å². The molecule has 1 N–H and O–H groups in total. The average molecular weight is 379 g/mol. The molecule has 0 radical (unpaired) electrons. The minimum absolute atomic E-state index is 0.185. The van der Waals surface area contributed by atoms with Crippen LogP contribution in [0.4, 0.5) is 0 Å². The summed E-state index contributed by atoms with van der Waals surface area (Å²) in [5.41, 5.74) is 1.12. The van der Waals surface area contributed by atoms with E-state index in [-0.39, 0.29) is 5.56 Å². The van der Waals surface area contributed by atoms with Crippen LogP contribution in [-0.4, -0.2) is 38.7 Å². The van der Waals surface area contributed by atoms with Crippen molar-refractivity contribution in [3.8, 4) is 5.69 Å². The molecule has 0 aliphatic heterocycles. The van der Waals surface area contributed by atoms with E-state index in [4.69, 9.17) is 16.3 Å². The smallest absolute Gasteiger partial charge is 0.262 e. The summed E-state index contributed by atoms with van der Waals surface area (Å²) < 4.78 is 6.96. The van der Waals surface area contributed by atoms with Crippen LogP contribution in [0.25, 0.3) is 16.7 Å². The number of thioether (sulfide) groups is 1. The summed E-state index contributed by atoms with van der Waals surface area (Å²) in [5.74, 6) is 0.868. The lowest BCUT2D eigenvalue weighted by molar-refractivity contribution is 0.144. The zero-order valence-electron chi connectivity index (χ0n) is 13.9. The fraction of sp³-hybridized carbons (Fsp3) is 0.353. The first kappa shape index (κ1) is 18.0. The topological polar surface area (TPSA) is 72.8 Å². The second kappa shape index (κ2) is 8.51. The van der Waals surface area contributed by atoms with Crippen LogP contribution in [0.1, 0.15) is 19.8 Å². The Kier molecular flexibility index (Phi) is 6.12. The van der Waals surface area contributed by atoms with Gasteiger partial charge in [-0.15, -0.1) is 0 Å². The van der Waals surface area contributed by atoms with Gasteiger partial charge in [0.05, 0.1) is 11.9 Å². The van der Waals surface area contributed by atoms with Crippen LogP contribution in [0, 0.1) is 0 Å². The Hall–Kier alpha value is -1.83. The van der Waals surface area contributed by atoms with Crippen molar-refractivity contribution in [2.45, 2.75) is 24.9 Å². The molecule has 0 unspecified atom stereocenters. The highest BCUT2D eigenvalue weighted by Gasteiger charge is 2.12. The summed E-state index contributed by atoms with van der Waals surface area (Å²) in [6.45, 7) is 3.50. The lowest BCUT2D eigenvalue weighted by atomic mass is 10.3. The Bertz CT molecular complexity index is 909. The van der Waals surface area contributed by atoms with Crippen LogP contribution in [0.5, 0.6) is 0 Å². The monoisotopic (exact) mass is 378 g/mol. The molecule has 0 bridgehead atoms. The molecule has 0 fully saturated rings. The predicted molar refractivity (Wildman–Crippen MR) is 101 cm³/mol. The van der Waals surface area contributed by atoms with Gasteiger partial charge in [-0.2, -0.15) is 5.10 Å². The van der Waals surface area contributed by atoms with Crippen molar-refractivity contribution in [2.24, 2.45) is 0 Å². The van der Waals surface area contributed by atoms with Crippen molar-refractivity contribution < 1.29 is 4.74 Å². The summed E-state index contributed by atoms with van der Waals surface area (Å²) >= 11 is 7.58. The van der Waals surface area contributed by atoms with E-state index < -0.39 is 0 Å². The van der Waals surface area contributed by atoms with E-state index in [9.17, 15) is 4.79 Å². The van der Waals surface area contributed by atoms with Crippen molar-refractivity contribution in [3.05, 3.63) is 45.8 Å². The van der Waals surface area contributed by atoms with Gasteiger partial charge in [0.2, 0.25) is 0 Å². The van der Waals surface area contributed by atoms with Crippen molar-refractivity contribution in [2.75, 3.05) is 19.0 Å². The molecule has 0 aliphatic rings. The SMILES string of the molecule is CCOCCCCSc1nc2c(cnn2-c2cccc(Cl)c2)c(=O)[nH]1. The van der Waals surface area contributed by atoms with E-state index in [1.807, 2.05) is 19.1 Å². The van der Waals surface area contributed by atoms with E-state index >= 15 is 0 Å². The number of ether oxygens (including phenoxy) is 1. The van der Waals surface area contributed by atoms with Gasteiger partial charge in [-0.25, -0.2) is 9.67 Å². The second-order valence-corrected chi connectivity index (χ2v) is 6.92. The number of fused-ring (bicyclic) bond motifs is 1. The third-order valence-corrected chi connectivity index (χ3v) is 4.79. The number of hydrogen-bond donors (Lipinski definition) is 1. The zero-order chi connectivity index (χ0) is 17.6. The molecule has 0 saturated carbocycles. The molecule has 2 aromatic heterocycles. The number of nitrogens with one attached hydrogen (secondary N) is 1. The van der Waals surface area contributed by atoms with Crippen LogP contribution in [0.15, 0.2) is 40.4 Å². The first-order chi connectivity index (χ1) is 12.2. The highest BCUT2D eigenvalue weighted by Crippen LogP contribution is 2.20. The quantitative estimate of drug-likeness (QED) is 0.368. The molecule has 6 nitrogen and oxygen atoms in total. The number of unbranched alkanes of at least 4 members (excludes halogenated alkanes) is 1. The molecular weight excluding hydrogens is 360 g/mol. The molecule has 8 heteroatoms. The number of hydrogen-bond acceptors (Lipinski definition) is 5. The number of rotatable bonds is 8. The molecule has 132 valence electrons. The molecule has 3 aromatic rings. The number of aromatic amines is 1. The van der Waals surface area contributed by atoms with E-state index in [0.717, 1.165) is 37.5 Å². The molecule has 1 aromatic carbocycles. The molecular formula is C17H19ClN4O2S. The van der Waals surface area contributed by atoms with Crippen molar-refractivity contribution in [1.82, 2.24) is 19.7 Å². The van der Waals surface area contributed by atoms with Crippen molar-refractivity contribution in [1.29, 1.82) is 0 Å². The van der Waals surface area contributed by atoms with Gasteiger partial charge in [0.1, 0.15) is 5.39 Å². The summed E-state index contributed by atoms with van der Waals surface area (Å²) in [6, 6.07) is 7.30. The Morgan fingerprint density at radius 3 is 3.04 bits per heavy atom. The standard InChI is InChI=1S/C17H19ClN4O2S/c1-2-24-8-3-4-9-25-17-20-15-14(16(23)21-17)11-19-22(15)13-7-5-6-12(18)10-13/h5-7,10-11H,2-4,8-9H2,1H3,(H,20,21,23). The maximum atomic E-state index is 12.3. The molecule has 0 spiro atoms. The van der Waals surface area contributed by atoms with Crippen molar-refractivity contribution in [3.63, 3.8) is 0 Å². The molecule has 3 rings (SSSR count). The Morgan fingerprint density at radius 2 is 2.24 bits per heavy atom. The van der Waals surface area contributed by atoms with Gasteiger partial charge >= 0.3 is 0 Å². The Labute approximate surface area is 154 Å². The number of halogens is 1. The van der Waals surface area contributed by atoms with Crippen LogP contribution in [0.3, 0.4) is 0 Å². The number of H-pyrrole nitrogens is 1. The van der Waals surface area contributed by atoms with Crippen LogP contribution in [-0.2, 0) is 4.74 Å². The minimum Gasteiger partial charge on any atom is -0.382 e. The Balaban J connectivity index is 1.80. The van der Waals surface area contributed by atoms with Gasteiger partial charge in [0, 0.05) is 24.0 Å². The summed E-state index contributed by atoms with van der Waals surface area (Å²) in [6.07, 6.45) is 3.52. The Morgan fingerprint density at radius 1 is 1.36 bits per heavy atom. The van der Waals surface area contributed by atoms with E-state index in [1.54, 1.807) is 16.8 Å². The molecule has 2 heterocycles. The lowest BCUT2D eigenvalue weighted by Gasteiger charge is -2.05. The maximum absolute atomic E-state index is 12.3. The predicted octanol–water partition coefficient (Wildman–Crippen LogP) is 3.67.